The van der Waals surface area contributed by atoms with E-state index in [0.717, 1.165) is 6.07 Å². The smallest absolute Gasteiger partial charge is 0.295 e. The number of amides is 1. The number of carbonyl (C=O) groups is 2. The molecule has 8 heteroatoms. The van der Waals surface area contributed by atoms with Crippen molar-refractivity contribution in [1.29, 1.82) is 0 Å². The van der Waals surface area contributed by atoms with E-state index in [0.29, 0.717) is 18.8 Å². The summed E-state index contributed by atoms with van der Waals surface area (Å²) in [6, 6.07) is 5.87. The Balaban J connectivity index is 2.04. The topological polar surface area (TPSA) is 89.2 Å². The summed E-state index contributed by atoms with van der Waals surface area (Å²) in [5.41, 5.74) is -0.196. The molecule has 1 fully saturated rings. The molecule has 1 unspecified atom stereocenters. The van der Waals surface area contributed by atoms with Gasteiger partial charge in [-0.05, 0) is 50.6 Å². The van der Waals surface area contributed by atoms with Crippen LogP contribution in [0.2, 0.25) is 0 Å². The number of halogens is 1. The van der Waals surface area contributed by atoms with E-state index in [2.05, 4.69) is 0 Å². The van der Waals surface area contributed by atoms with Gasteiger partial charge in [0.1, 0.15) is 29.1 Å². The highest BCUT2D eigenvalue weighted by atomic mass is 19.1. The zero-order valence-electron chi connectivity index (χ0n) is 17.1. The summed E-state index contributed by atoms with van der Waals surface area (Å²) in [5.74, 6) is -2.29. The second-order valence-electron chi connectivity index (χ2n) is 7.13. The van der Waals surface area contributed by atoms with Crippen LogP contribution in [0.5, 0.6) is 5.75 Å². The van der Waals surface area contributed by atoms with Crippen molar-refractivity contribution < 1.29 is 33.0 Å². The van der Waals surface area contributed by atoms with Gasteiger partial charge in [-0.25, -0.2) is 4.39 Å². The fraction of sp³-hybridized carbons (Fsp3) is 0.364. The van der Waals surface area contributed by atoms with Crippen LogP contribution in [0.4, 0.5) is 4.39 Å². The average molecular weight is 417 g/mol. The monoisotopic (exact) mass is 417 g/mol. The van der Waals surface area contributed by atoms with Crippen molar-refractivity contribution in [3.8, 4) is 5.75 Å². The van der Waals surface area contributed by atoms with Crippen molar-refractivity contribution in [3.63, 3.8) is 0 Å². The number of furan rings is 1. The molecule has 1 aromatic carbocycles. The molecule has 1 amide bonds. The number of ketones is 1. The van der Waals surface area contributed by atoms with E-state index < -0.39 is 29.3 Å². The molecule has 1 saturated heterocycles. The maximum atomic E-state index is 13.8. The molecular formula is C22H24FNO6. The van der Waals surface area contributed by atoms with Gasteiger partial charge in [0, 0.05) is 13.2 Å². The van der Waals surface area contributed by atoms with E-state index in [1.165, 1.54) is 30.4 Å². The fourth-order valence-corrected chi connectivity index (χ4v) is 3.42. The Bertz CT molecular complexity index is 951. The molecule has 30 heavy (non-hydrogen) atoms. The summed E-state index contributed by atoms with van der Waals surface area (Å²) in [6.45, 7) is 4.44. The third-order valence-corrected chi connectivity index (χ3v) is 4.76. The van der Waals surface area contributed by atoms with Crippen LogP contribution in [0, 0.1) is 5.82 Å². The second kappa shape index (κ2) is 9.13. The summed E-state index contributed by atoms with van der Waals surface area (Å²) < 4.78 is 30.0. The Morgan fingerprint density at radius 2 is 2.07 bits per heavy atom. The number of likely N-dealkylation sites (tertiary alicyclic amines) is 1. The van der Waals surface area contributed by atoms with Gasteiger partial charge in [-0.3, -0.25) is 9.59 Å². The van der Waals surface area contributed by atoms with Crippen molar-refractivity contribution in [3.05, 3.63) is 59.3 Å². The van der Waals surface area contributed by atoms with Crippen LogP contribution in [-0.4, -0.2) is 48.1 Å². The summed E-state index contributed by atoms with van der Waals surface area (Å²) >= 11 is 0. The molecule has 7 nitrogen and oxygen atoms in total. The van der Waals surface area contributed by atoms with Crippen LogP contribution in [0.1, 0.15) is 37.6 Å². The lowest BCUT2D eigenvalue weighted by Gasteiger charge is -2.23. The van der Waals surface area contributed by atoms with Gasteiger partial charge >= 0.3 is 0 Å². The third kappa shape index (κ3) is 4.23. The van der Waals surface area contributed by atoms with E-state index in [9.17, 15) is 19.1 Å². The van der Waals surface area contributed by atoms with Crippen molar-refractivity contribution in [1.82, 2.24) is 4.90 Å². The number of methoxy groups -OCH3 is 1. The van der Waals surface area contributed by atoms with E-state index in [4.69, 9.17) is 13.9 Å². The number of Topliss-reactive ketones (excluding diaryl/α,β-unsaturated/α-hetero) is 1. The number of aliphatic hydroxyl groups is 1. The molecule has 1 aromatic heterocycles. The van der Waals surface area contributed by atoms with Gasteiger partial charge in [-0.2, -0.15) is 0 Å². The van der Waals surface area contributed by atoms with E-state index >= 15 is 0 Å². The highest BCUT2D eigenvalue weighted by Gasteiger charge is 2.47. The Kier molecular flexibility index (Phi) is 6.56. The largest absolute Gasteiger partial charge is 0.507 e. The molecule has 3 rings (SSSR count). The zero-order chi connectivity index (χ0) is 21.8. The quantitative estimate of drug-likeness (QED) is 0.305. The number of aliphatic hydroxyl groups excluding tert-OH is 1. The minimum atomic E-state index is -0.938. The highest BCUT2D eigenvalue weighted by Crippen LogP contribution is 2.41. The molecule has 0 aliphatic carbocycles. The van der Waals surface area contributed by atoms with Crippen molar-refractivity contribution in [2.75, 3.05) is 20.3 Å². The van der Waals surface area contributed by atoms with Crippen LogP contribution in [0.3, 0.4) is 0 Å². The number of hydrogen-bond acceptors (Lipinski definition) is 6. The minimum absolute atomic E-state index is 0.0183. The molecule has 0 bridgehead atoms. The average Bonchev–Trinajstić information content (AvgIpc) is 3.32. The van der Waals surface area contributed by atoms with Crippen molar-refractivity contribution in [2.24, 2.45) is 0 Å². The number of ether oxygens (including phenoxy) is 2. The lowest BCUT2D eigenvalue weighted by Crippen LogP contribution is -2.31. The number of benzene rings is 1. The van der Waals surface area contributed by atoms with Crippen LogP contribution in [-0.2, 0) is 14.3 Å². The second-order valence-corrected chi connectivity index (χ2v) is 7.13. The summed E-state index contributed by atoms with van der Waals surface area (Å²) in [4.78, 5) is 26.9. The van der Waals surface area contributed by atoms with Gasteiger partial charge in [-0.15, -0.1) is 0 Å². The fourth-order valence-electron chi connectivity index (χ4n) is 3.42. The molecule has 0 radical (unpaired) electrons. The molecule has 1 atom stereocenters. The minimum Gasteiger partial charge on any atom is -0.507 e. The number of hydrogen-bond donors (Lipinski definition) is 1. The SMILES string of the molecule is COc1ccc(F)cc1/C(O)=C1/C(=O)C(=O)N(CCCOC(C)C)C1c1ccco1. The molecule has 2 heterocycles. The molecule has 2 aromatic rings. The van der Waals surface area contributed by atoms with E-state index in [-0.39, 0.29) is 29.5 Å². The van der Waals surface area contributed by atoms with Gasteiger partial charge < -0.3 is 23.9 Å². The molecule has 0 saturated carbocycles. The van der Waals surface area contributed by atoms with Gasteiger partial charge in [0.05, 0.1) is 30.6 Å². The van der Waals surface area contributed by atoms with Crippen molar-refractivity contribution >= 4 is 17.4 Å². The molecule has 1 N–H and O–H groups in total. The number of rotatable bonds is 8. The molecule has 0 spiro atoms. The summed E-state index contributed by atoms with van der Waals surface area (Å²) in [6.07, 6.45) is 1.95. The van der Waals surface area contributed by atoms with Gasteiger partial charge in [0.2, 0.25) is 0 Å². The Morgan fingerprint density at radius 1 is 1.30 bits per heavy atom. The first kappa shape index (κ1) is 21.6. The Hall–Kier alpha value is -3.13. The number of carbonyl (C=O) groups excluding carboxylic acids is 2. The predicted octanol–water partition coefficient (Wildman–Crippen LogP) is 3.66. The standard InChI is InChI=1S/C22H24FNO6/c1-13(2)29-11-5-9-24-19(17-6-4-10-30-17)18(21(26)22(24)27)20(25)15-12-14(23)7-8-16(15)28-3/h4,6-8,10,12-13,19,25H,5,9,11H2,1-3H3/b20-18-. The highest BCUT2D eigenvalue weighted by molar-refractivity contribution is 6.46. The molecule has 1 aliphatic rings. The maximum Gasteiger partial charge on any atom is 0.295 e. The van der Waals surface area contributed by atoms with Crippen LogP contribution < -0.4 is 4.74 Å². The molecule has 160 valence electrons. The van der Waals surface area contributed by atoms with Gasteiger partial charge in [-0.1, -0.05) is 0 Å². The third-order valence-electron chi connectivity index (χ3n) is 4.76. The van der Waals surface area contributed by atoms with Gasteiger partial charge in [0.15, 0.2) is 0 Å². The lowest BCUT2D eigenvalue weighted by atomic mass is 9.98. The van der Waals surface area contributed by atoms with Crippen LogP contribution in [0.25, 0.3) is 5.76 Å². The lowest BCUT2D eigenvalue weighted by molar-refractivity contribution is -0.140. The number of nitrogens with zero attached hydrogens (tertiary/aromatic N) is 1. The van der Waals surface area contributed by atoms with Gasteiger partial charge in [0.25, 0.3) is 11.7 Å². The first-order valence-corrected chi connectivity index (χ1v) is 9.62. The first-order valence-electron chi connectivity index (χ1n) is 9.62. The van der Waals surface area contributed by atoms with E-state index in [1.807, 2.05) is 13.8 Å². The normalized spacial score (nSPS) is 18.4. The van der Waals surface area contributed by atoms with Crippen LogP contribution >= 0.6 is 0 Å². The Labute approximate surface area is 173 Å². The van der Waals surface area contributed by atoms with E-state index in [1.54, 1.807) is 12.1 Å². The molecule has 1 aliphatic heterocycles. The zero-order valence-corrected chi connectivity index (χ0v) is 17.1. The van der Waals surface area contributed by atoms with Crippen LogP contribution in [0.15, 0.2) is 46.6 Å². The first-order chi connectivity index (χ1) is 14.3. The predicted molar refractivity (Wildman–Crippen MR) is 106 cm³/mol. The maximum absolute atomic E-state index is 13.8. The Morgan fingerprint density at radius 3 is 2.70 bits per heavy atom. The van der Waals surface area contributed by atoms with Crippen molar-refractivity contribution in [2.45, 2.75) is 32.4 Å². The molecular weight excluding hydrogens is 393 g/mol. The summed E-state index contributed by atoms with van der Waals surface area (Å²) in [5, 5.41) is 10.9. The summed E-state index contributed by atoms with van der Waals surface area (Å²) in [7, 11) is 1.36.